The molecule has 146 valence electrons. The summed E-state index contributed by atoms with van der Waals surface area (Å²) in [4.78, 5) is 21.1. The Bertz CT molecular complexity index is 939. The third-order valence-corrected chi connectivity index (χ3v) is 5.68. The van der Waals surface area contributed by atoms with E-state index < -0.39 is 6.10 Å². The van der Waals surface area contributed by atoms with Crippen molar-refractivity contribution in [1.29, 1.82) is 0 Å². The molecule has 1 atom stereocenters. The number of benzene rings is 2. The van der Waals surface area contributed by atoms with E-state index in [2.05, 4.69) is 14.1 Å². The lowest BCUT2D eigenvalue weighted by Gasteiger charge is -2.29. The molecule has 0 saturated heterocycles. The monoisotopic (exact) mass is 398 g/mol. The van der Waals surface area contributed by atoms with Gasteiger partial charge in [0.2, 0.25) is 6.10 Å². The summed E-state index contributed by atoms with van der Waals surface area (Å²) in [6.07, 6.45) is 0.211. The Labute approximate surface area is 168 Å². The molecule has 2 aromatic carbocycles. The Kier molecular flexibility index (Phi) is 5.45. The van der Waals surface area contributed by atoms with Gasteiger partial charge in [-0.2, -0.15) is 0 Å². The Balaban J connectivity index is 1.58. The van der Waals surface area contributed by atoms with E-state index in [9.17, 15) is 4.79 Å². The molecule has 0 spiro atoms. The molecule has 1 aromatic heterocycles. The molecule has 7 heteroatoms. The van der Waals surface area contributed by atoms with Crippen LogP contribution in [0.1, 0.15) is 6.42 Å². The number of anilines is 1. The van der Waals surface area contributed by atoms with Gasteiger partial charge in [0.15, 0.2) is 16.6 Å². The van der Waals surface area contributed by atoms with Crippen molar-refractivity contribution in [2.24, 2.45) is 0 Å². The average molecular weight is 399 g/mol. The summed E-state index contributed by atoms with van der Waals surface area (Å²) >= 11 is 1.53. The van der Waals surface area contributed by atoms with Gasteiger partial charge in [0, 0.05) is 13.0 Å². The summed E-state index contributed by atoms with van der Waals surface area (Å²) in [7, 11) is 4.22. The molecule has 28 heavy (non-hydrogen) atoms. The summed E-state index contributed by atoms with van der Waals surface area (Å²) < 4.78 is 12.8. The molecule has 0 radical (unpaired) electrons. The molecule has 1 amide bonds. The van der Waals surface area contributed by atoms with Crippen molar-refractivity contribution in [3.05, 3.63) is 48.5 Å². The predicted octanol–water partition coefficient (Wildman–Crippen LogP) is 2.00. The summed E-state index contributed by atoms with van der Waals surface area (Å²) in [5.74, 6) is 1.17. The van der Waals surface area contributed by atoms with Gasteiger partial charge in [0.05, 0.1) is 30.9 Å². The van der Waals surface area contributed by atoms with Crippen LogP contribution in [0.2, 0.25) is 0 Å². The highest BCUT2D eigenvalue weighted by Gasteiger charge is 2.33. The first-order valence-electron chi connectivity index (χ1n) is 9.46. The largest absolute Gasteiger partial charge is 0.485 e. The van der Waals surface area contributed by atoms with E-state index >= 15 is 0 Å². The van der Waals surface area contributed by atoms with Crippen LogP contribution in [0, 0.1) is 0 Å². The molecule has 3 aromatic rings. The SMILES string of the molecule is C[NH+](C)CCCN(C(=O)[C@H]1COc2ccccc2O1)c1nc2ccccc2s1. The minimum Gasteiger partial charge on any atom is -0.485 e. The summed E-state index contributed by atoms with van der Waals surface area (Å²) in [5, 5.41) is 0.711. The summed E-state index contributed by atoms with van der Waals surface area (Å²) in [6, 6.07) is 15.4. The predicted molar refractivity (Wildman–Crippen MR) is 111 cm³/mol. The molecule has 0 fully saturated rings. The highest BCUT2D eigenvalue weighted by Crippen LogP contribution is 2.33. The molecule has 0 bridgehead atoms. The quantitative estimate of drug-likeness (QED) is 0.690. The zero-order chi connectivity index (χ0) is 19.5. The van der Waals surface area contributed by atoms with Crippen molar-refractivity contribution in [2.75, 3.05) is 38.7 Å². The fraction of sp³-hybridized carbons (Fsp3) is 0.333. The number of nitrogens with zero attached hydrogens (tertiary/aromatic N) is 2. The van der Waals surface area contributed by atoms with Crippen molar-refractivity contribution in [3.8, 4) is 11.5 Å². The second kappa shape index (κ2) is 8.16. The van der Waals surface area contributed by atoms with E-state index in [0.717, 1.165) is 23.2 Å². The molecule has 2 heterocycles. The Morgan fingerprint density at radius 2 is 1.93 bits per heavy atom. The van der Waals surface area contributed by atoms with E-state index in [4.69, 9.17) is 14.5 Å². The van der Waals surface area contributed by atoms with E-state index in [1.165, 1.54) is 16.2 Å². The van der Waals surface area contributed by atoms with Crippen LogP contribution in [0.3, 0.4) is 0 Å². The summed E-state index contributed by atoms with van der Waals surface area (Å²) in [5.41, 5.74) is 0.907. The lowest BCUT2D eigenvalue weighted by atomic mass is 10.2. The maximum absolute atomic E-state index is 13.3. The van der Waals surface area contributed by atoms with Crippen molar-refractivity contribution in [3.63, 3.8) is 0 Å². The Hall–Kier alpha value is -2.64. The fourth-order valence-electron chi connectivity index (χ4n) is 3.18. The topological polar surface area (TPSA) is 56.1 Å². The normalized spacial score (nSPS) is 15.8. The van der Waals surface area contributed by atoms with Gasteiger partial charge in [-0.15, -0.1) is 0 Å². The highest BCUT2D eigenvalue weighted by molar-refractivity contribution is 7.22. The first kappa shape index (κ1) is 18.7. The molecule has 6 nitrogen and oxygen atoms in total. The molecule has 1 aliphatic rings. The number of nitrogens with one attached hydrogen (secondary N) is 1. The minimum absolute atomic E-state index is 0.109. The Morgan fingerprint density at radius 1 is 1.18 bits per heavy atom. The smallest absolute Gasteiger partial charge is 0.273 e. The second-order valence-electron chi connectivity index (χ2n) is 7.13. The number of carbonyl (C=O) groups is 1. The maximum Gasteiger partial charge on any atom is 0.273 e. The van der Waals surface area contributed by atoms with Crippen LogP contribution in [0.25, 0.3) is 10.2 Å². The van der Waals surface area contributed by atoms with Crippen LogP contribution in [-0.4, -0.2) is 50.8 Å². The van der Waals surface area contributed by atoms with Crippen molar-refractivity contribution in [1.82, 2.24) is 4.98 Å². The lowest BCUT2D eigenvalue weighted by Crippen LogP contribution is -3.05. The standard InChI is InChI=1S/C21H23N3O3S/c1-23(2)12-7-13-24(21-22-15-8-3-6-11-19(15)28-21)20(25)18-14-26-16-9-4-5-10-17(16)27-18/h3-6,8-11,18H,7,12-14H2,1-2H3/p+1/t18-/m1/s1. The number of fused-ring (bicyclic) bond motifs is 2. The first-order valence-corrected chi connectivity index (χ1v) is 10.3. The number of rotatable bonds is 6. The van der Waals surface area contributed by atoms with E-state index in [0.29, 0.717) is 23.2 Å². The van der Waals surface area contributed by atoms with E-state index in [1.807, 2.05) is 48.5 Å². The molecule has 0 aliphatic carbocycles. The molecule has 0 saturated carbocycles. The van der Waals surface area contributed by atoms with Crippen molar-refractivity contribution >= 4 is 32.6 Å². The van der Waals surface area contributed by atoms with Gasteiger partial charge in [-0.25, -0.2) is 4.98 Å². The van der Waals surface area contributed by atoms with Crippen LogP contribution < -0.4 is 19.3 Å². The number of para-hydroxylation sites is 3. The van der Waals surface area contributed by atoms with Crippen LogP contribution in [0.15, 0.2) is 48.5 Å². The summed E-state index contributed by atoms with van der Waals surface area (Å²) in [6.45, 7) is 1.78. The van der Waals surface area contributed by atoms with Gasteiger partial charge in [0.1, 0.15) is 6.61 Å². The molecular formula is C21H24N3O3S+. The molecule has 1 aliphatic heterocycles. The first-order chi connectivity index (χ1) is 13.6. The van der Waals surface area contributed by atoms with Gasteiger partial charge >= 0.3 is 0 Å². The molecule has 0 unspecified atom stereocenters. The van der Waals surface area contributed by atoms with Crippen molar-refractivity contribution < 1.29 is 19.2 Å². The number of quaternary nitrogens is 1. The van der Waals surface area contributed by atoms with E-state index in [-0.39, 0.29) is 12.5 Å². The number of hydrogen-bond donors (Lipinski definition) is 1. The zero-order valence-electron chi connectivity index (χ0n) is 16.1. The van der Waals surface area contributed by atoms with Crippen LogP contribution in [0.5, 0.6) is 11.5 Å². The van der Waals surface area contributed by atoms with Crippen LogP contribution in [0.4, 0.5) is 5.13 Å². The fourth-order valence-corrected chi connectivity index (χ4v) is 4.18. The molecule has 4 rings (SSSR count). The van der Waals surface area contributed by atoms with Gasteiger partial charge in [-0.3, -0.25) is 9.69 Å². The van der Waals surface area contributed by atoms with E-state index in [1.54, 1.807) is 4.90 Å². The maximum atomic E-state index is 13.3. The van der Waals surface area contributed by atoms with Gasteiger partial charge in [0.25, 0.3) is 5.91 Å². The van der Waals surface area contributed by atoms with Crippen LogP contribution in [-0.2, 0) is 4.79 Å². The lowest BCUT2D eigenvalue weighted by molar-refractivity contribution is -0.858. The Morgan fingerprint density at radius 3 is 2.71 bits per heavy atom. The second-order valence-corrected chi connectivity index (χ2v) is 8.14. The average Bonchev–Trinajstić information content (AvgIpc) is 3.14. The number of thiazole rings is 1. The van der Waals surface area contributed by atoms with Crippen molar-refractivity contribution in [2.45, 2.75) is 12.5 Å². The molecular weight excluding hydrogens is 374 g/mol. The number of aromatic nitrogens is 1. The van der Waals surface area contributed by atoms with Gasteiger partial charge in [-0.05, 0) is 24.3 Å². The third kappa shape index (κ3) is 3.95. The number of amides is 1. The van der Waals surface area contributed by atoms with Crippen LogP contribution >= 0.6 is 11.3 Å². The molecule has 1 N–H and O–H groups in total. The zero-order valence-corrected chi connectivity index (χ0v) is 16.9. The van der Waals surface area contributed by atoms with Gasteiger partial charge in [-0.1, -0.05) is 35.6 Å². The highest BCUT2D eigenvalue weighted by atomic mass is 32.1. The number of hydrogen-bond acceptors (Lipinski definition) is 5. The third-order valence-electron chi connectivity index (χ3n) is 4.62. The van der Waals surface area contributed by atoms with Gasteiger partial charge < -0.3 is 14.4 Å². The number of carbonyl (C=O) groups excluding carboxylic acids is 1. The number of ether oxygens (including phenoxy) is 2. The minimum atomic E-state index is -0.673.